The van der Waals surface area contributed by atoms with Crippen LogP contribution in [0.3, 0.4) is 0 Å². The third kappa shape index (κ3) is 5.13. The molecule has 1 saturated heterocycles. The van der Waals surface area contributed by atoms with Crippen molar-refractivity contribution in [3.05, 3.63) is 66.1 Å². The standard InChI is InChI=1S/C22H19N3O6S3/c1-12(26)18(21(29)30)25-19(28)17(24-16(27)11-31-13-7-3-2-4-8-13)20(25)33-34-22-23-14-9-5-6-10-15(14)32-22/h2-10,17,20,26H,11H2,1H3,(H,24,27)(H,29,30)/b18-12+. The van der Waals surface area contributed by atoms with Crippen LogP contribution in [0.1, 0.15) is 6.92 Å². The van der Waals surface area contributed by atoms with Crippen LogP contribution >= 0.6 is 32.9 Å². The van der Waals surface area contributed by atoms with Crippen molar-refractivity contribution >= 4 is 60.9 Å². The van der Waals surface area contributed by atoms with E-state index in [0.717, 1.165) is 15.1 Å². The molecule has 2 atom stereocenters. The first-order valence-corrected chi connectivity index (χ1v) is 13.0. The molecule has 2 aromatic carbocycles. The zero-order valence-corrected chi connectivity index (χ0v) is 20.2. The number of hydrogen-bond donors (Lipinski definition) is 3. The van der Waals surface area contributed by atoms with E-state index in [1.165, 1.54) is 39.8 Å². The van der Waals surface area contributed by atoms with Gasteiger partial charge in [-0.15, -0.1) is 11.3 Å². The van der Waals surface area contributed by atoms with Crippen LogP contribution in [-0.2, 0) is 14.4 Å². The molecule has 4 rings (SSSR count). The highest BCUT2D eigenvalue weighted by atomic mass is 33.1. The van der Waals surface area contributed by atoms with E-state index in [2.05, 4.69) is 10.3 Å². The van der Waals surface area contributed by atoms with Gasteiger partial charge in [0, 0.05) is 0 Å². The van der Waals surface area contributed by atoms with Crippen LogP contribution in [0, 0.1) is 0 Å². The first-order valence-electron chi connectivity index (χ1n) is 9.97. The third-order valence-electron chi connectivity index (χ3n) is 4.75. The van der Waals surface area contributed by atoms with Gasteiger partial charge in [-0.2, -0.15) is 0 Å². The molecule has 0 bridgehead atoms. The number of benzene rings is 2. The molecule has 2 heterocycles. The number of carboxylic acids is 1. The predicted octanol–water partition coefficient (Wildman–Crippen LogP) is 3.64. The lowest BCUT2D eigenvalue weighted by atomic mass is 10.1. The van der Waals surface area contributed by atoms with E-state index in [-0.39, 0.29) is 6.61 Å². The number of aliphatic hydroxyl groups excluding tert-OH is 1. The maximum atomic E-state index is 12.8. The van der Waals surface area contributed by atoms with Gasteiger partial charge < -0.3 is 20.3 Å². The van der Waals surface area contributed by atoms with Crippen LogP contribution in [-0.4, -0.2) is 55.9 Å². The first-order chi connectivity index (χ1) is 16.3. The van der Waals surface area contributed by atoms with E-state index in [0.29, 0.717) is 10.1 Å². The van der Waals surface area contributed by atoms with Gasteiger partial charge in [-0.3, -0.25) is 14.5 Å². The number of allylic oxidation sites excluding steroid dienone is 1. The van der Waals surface area contributed by atoms with Crippen molar-refractivity contribution in [2.24, 2.45) is 0 Å². The molecule has 12 heteroatoms. The lowest BCUT2D eigenvalue weighted by molar-refractivity contribution is -0.151. The fraction of sp³-hybridized carbons (Fsp3) is 0.182. The molecule has 9 nitrogen and oxygen atoms in total. The second-order valence-electron chi connectivity index (χ2n) is 7.11. The number of fused-ring (bicyclic) bond motifs is 1. The van der Waals surface area contributed by atoms with Crippen molar-refractivity contribution in [2.45, 2.75) is 22.7 Å². The molecule has 2 unspecified atom stereocenters. The molecule has 1 aliphatic heterocycles. The molecular formula is C22H19N3O6S3. The number of carbonyl (C=O) groups excluding carboxylic acids is 2. The second kappa shape index (κ2) is 10.4. The predicted molar refractivity (Wildman–Crippen MR) is 131 cm³/mol. The molecule has 0 radical (unpaired) electrons. The molecule has 2 amide bonds. The normalized spacial score (nSPS) is 18.3. The Hall–Kier alpha value is -3.22. The zero-order valence-electron chi connectivity index (χ0n) is 17.7. The summed E-state index contributed by atoms with van der Waals surface area (Å²) < 4.78 is 7.13. The van der Waals surface area contributed by atoms with Gasteiger partial charge in [-0.25, -0.2) is 9.78 Å². The van der Waals surface area contributed by atoms with E-state index < -0.39 is 40.7 Å². The summed E-state index contributed by atoms with van der Waals surface area (Å²) in [6, 6.07) is 15.4. The smallest absolute Gasteiger partial charge is 0.356 e. The minimum absolute atomic E-state index is 0.309. The molecule has 1 fully saturated rings. The quantitative estimate of drug-likeness (QED) is 0.169. The third-order valence-corrected chi connectivity index (χ3v) is 8.76. The number of carbonyl (C=O) groups is 3. The summed E-state index contributed by atoms with van der Waals surface area (Å²) in [6.45, 7) is 0.885. The Morgan fingerprint density at radius 2 is 1.85 bits per heavy atom. The summed E-state index contributed by atoms with van der Waals surface area (Å²) >= 11 is 1.46. The molecule has 1 aliphatic rings. The Morgan fingerprint density at radius 1 is 1.15 bits per heavy atom. The van der Waals surface area contributed by atoms with Gasteiger partial charge in [-0.05, 0) is 42.0 Å². The Labute approximate surface area is 206 Å². The van der Waals surface area contributed by atoms with Crippen LogP contribution in [0.15, 0.2) is 70.4 Å². The van der Waals surface area contributed by atoms with E-state index in [4.69, 9.17) is 4.74 Å². The number of aliphatic carboxylic acids is 1. The Morgan fingerprint density at radius 3 is 2.53 bits per heavy atom. The van der Waals surface area contributed by atoms with Crippen LogP contribution in [0.2, 0.25) is 0 Å². The number of aromatic nitrogens is 1. The van der Waals surface area contributed by atoms with Crippen molar-refractivity contribution in [1.82, 2.24) is 15.2 Å². The average Bonchev–Trinajstić information content (AvgIpc) is 3.24. The molecule has 0 spiro atoms. The number of nitrogens with zero attached hydrogens (tertiary/aromatic N) is 2. The molecule has 0 aliphatic carbocycles. The van der Waals surface area contributed by atoms with Gasteiger partial charge >= 0.3 is 5.97 Å². The first kappa shape index (κ1) is 23.9. The maximum absolute atomic E-state index is 12.8. The molecule has 0 saturated carbocycles. The molecule has 34 heavy (non-hydrogen) atoms. The summed E-state index contributed by atoms with van der Waals surface area (Å²) in [7, 11) is 2.44. The number of ether oxygens (including phenoxy) is 1. The number of rotatable bonds is 9. The molecule has 3 aromatic rings. The largest absolute Gasteiger partial charge is 0.510 e. The van der Waals surface area contributed by atoms with Gasteiger partial charge in [-0.1, -0.05) is 41.1 Å². The van der Waals surface area contributed by atoms with Crippen LogP contribution in [0.4, 0.5) is 0 Å². The SMILES string of the molecule is C/C(O)=C(/C(=O)O)N1C(=O)C(NC(=O)COc2ccccc2)C1SSc1nc2ccccc2s1. The Balaban J connectivity index is 1.48. The van der Waals surface area contributed by atoms with Crippen molar-refractivity contribution in [1.29, 1.82) is 0 Å². The highest BCUT2D eigenvalue weighted by molar-refractivity contribution is 8.77. The molecule has 176 valence electrons. The van der Waals surface area contributed by atoms with E-state index >= 15 is 0 Å². The highest BCUT2D eigenvalue weighted by Gasteiger charge is 2.52. The second-order valence-corrected chi connectivity index (χ2v) is 10.7. The molecular weight excluding hydrogens is 498 g/mol. The van der Waals surface area contributed by atoms with Gasteiger partial charge in [0.25, 0.3) is 11.8 Å². The van der Waals surface area contributed by atoms with E-state index in [1.807, 2.05) is 30.3 Å². The summed E-state index contributed by atoms with van der Waals surface area (Å²) in [5, 5.41) is 21.2. The highest BCUT2D eigenvalue weighted by Crippen LogP contribution is 2.45. The van der Waals surface area contributed by atoms with Gasteiger partial charge in [0.05, 0.1) is 10.2 Å². The number of likely N-dealkylation sites (tertiary alicyclic amines) is 1. The number of carboxylic acid groups (broad SMARTS) is 1. The number of hydrogen-bond acceptors (Lipinski definition) is 9. The lowest BCUT2D eigenvalue weighted by Crippen LogP contribution is -2.69. The number of para-hydroxylation sites is 2. The van der Waals surface area contributed by atoms with Crippen molar-refractivity contribution in [3.63, 3.8) is 0 Å². The molecule has 1 aromatic heterocycles. The van der Waals surface area contributed by atoms with Crippen LogP contribution in [0.5, 0.6) is 5.75 Å². The average molecular weight is 518 g/mol. The molecule has 3 N–H and O–H groups in total. The zero-order chi connectivity index (χ0) is 24.2. The summed E-state index contributed by atoms with van der Waals surface area (Å²) in [4.78, 5) is 42.4. The van der Waals surface area contributed by atoms with Crippen molar-refractivity contribution in [2.75, 3.05) is 6.61 Å². The number of nitrogens with one attached hydrogen (secondary N) is 1. The van der Waals surface area contributed by atoms with Crippen LogP contribution < -0.4 is 10.1 Å². The summed E-state index contributed by atoms with van der Waals surface area (Å²) in [6.07, 6.45) is 0. The van der Waals surface area contributed by atoms with Gasteiger partial charge in [0.15, 0.2) is 16.6 Å². The van der Waals surface area contributed by atoms with Crippen molar-refractivity contribution < 1.29 is 29.3 Å². The number of thiazole rings is 1. The maximum Gasteiger partial charge on any atom is 0.356 e. The lowest BCUT2D eigenvalue weighted by Gasteiger charge is -2.45. The van der Waals surface area contributed by atoms with Crippen LogP contribution in [0.25, 0.3) is 10.2 Å². The fourth-order valence-electron chi connectivity index (χ4n) is 3.22. The Bertz CT molecular complexity index is 1230. The van der Waals surface area contributed by atoms with Gasteiger partial charge in [0.2, 0.25) is 0 Å². The number of β-lactam (4-membered cyclic amide) rings is 1. The minimum Gasteiger partial charge on any atom is -0.510 e. The topological polar surface area (TPSA) is 129 Å². The fourth-order valence-corrected chi connectivity index (χ4v) is 7.14. The van der Waals surface area contributed by atoms with E-state index in [9.17, 15) is 24.6 Å². The van der Waals surface area contributed by atoms with Gasteiger partial charge in [0.1, 0.15) is 22.9 Å². The minimum atomic E-state index is -1.44. The number of amides is 2. The van der Waals surface area contributed by atoms with E-state index in [1.54, 1.807) is 24.3 Å². The summed E-state index contributed by atoms with van der Waals surface area (Å²) in [5.74, 6) is -2.61. The summed E-state index contributed by atoms with van der Waals surface area (Å²) in [5.41, 5.74) is 0.302. The monoisotopic (exact) mass is 517 g/mol. The van der Waals surface area contributed by atoms with Crippen molar-refractivity contribution in [3.8, 4) is 5.75 Å². The Kier molecular flexibility index (Phi) is 7.29. The number of aliphatic hydroxyl groups is 1.